The van der Waals surface area contributed by atoms with Crippen molar-refractivity contribution in [3.8, 4) is 0 Å². The molecule has 5 amide bonds. The number of carbonyl (C=O) groups is 7. The van der Waals surface area contributed by atoms with Gasteiger partial charge in [-0.3, -0.25) is 38.4 Å². The highest BCUT2D eigenvalue weighted by molar-refractivity contribution is 5.95. The molecule has 0 saturated carbocycles. The molecule has 0 saturated heterocycles. The van der Waals surface area contributed by atoms with E-state index in [4.69, 9.17) is 36.3 Å². The molecule has 3 atom stereocenters. The van der Waals surface area contributed by atoms with Crippen molar-refractivity contribution < 1.29 is 58.4 Å². The lowest BCUT2D eigenvalue weighted by atomic mass is 10.0. The van der Waals surface area contributed by atoms with Gasteiger partial charge in [0.25, 0.3) is 0 Å². The van der Waals surface area contributed by atoms with Crippen LogP contribution >= 0.6 is 0 Å². The molecule has 12 N–H and O–H groups in total. The number of carbonyl (C=O) groups excluding carboxylic acids is 5. The highest BCUT2D eigenvalue weighted by Gasteiger charge is 2.29. The summed E-state index contributed by atoms with van der Waals surface area (Å²) in [5, 5.41) is 46.8. The van der Waals surface area contributed by atoms with E-state index in [2.05, 4.69) is 43.5 Å². The first-order chi connectivity index (χ1) is 27.2. The first-order valence-corrected chi connectivity index (χ1v) is 18.9. The molecular weight excluding hydrogens is 766 g/mol. The molecule has 0 aliphatic heterocycles. The zero-order valence-electron chi connectivity index (χ0n) is 33.9. The fraction of sp³-hybridized carbons (Fsp3) is 0.714. The minimum atomic E-state index is -1.76. The van der Waals surface area contributed by atoms with Crippen LogP contribution in [0.15, 0.2) is 11.2 Å². The van der Waals surface area contributed by atoms with Gasteiger partial charge in [-0.25, -0.2) is 4.79 Å². The standard InChI is InChI=1S/C35H61N11O12/c1-6-15-57-35(4,5)12-16-58-34(2,3)11-14-46-20-22(44-45-46)9-10-26(48)39-18-27(49)41-23(8-7-13-38-33(36)37)30(53)40-19-28(50)42-24(17-29(51)52)31(54)43-25(21-47)32(55)56/h20,23-25,47H,6-19,21H2,1-5H3,(H,39,48)(H,40,53)(H,41,49)(H,42,50)(H,43,54)(H,51,52)(H,55,56)(H4,36,37,38). The van der Waals surface area contributed by atoms with Crippen LogP contribution in [0.4, 0.5) is 0 Å². The third kappa shape index (κ3) is 22.4. The summed E-state index contributed by atoms with van der Waals surface area (Å²) >= 11 is 0. The molecule has 0 bridgehead atoms. The maximum atomic E-state index is 13.0. The van der Waals surface area contributed by atoms with Crippen molar-refractivity contribution in [3.05, 3.63) is 11.9 Å². The van der Waals surface area contributed by atoms with E-state index in [1.54, 1.807) is 10.9 Å². The molecule has 0 aromatic carbocycles. The molecule has 1 aromatic rings. The molecular formula is C35H61N11O12. The molecule has 0 spiro atoms. The van der Waals surface area contributed by atoms with Gasteiger partial charge in [0.15, 0.2) is 5.96 Å². The molecule has 58 heavy (non-hydrogen) atoms. The number of guanidine groups is 1. The van der Waals surface area contributed by atoms with E-state index in [9.17, 15) is 33.6 Å². The van der Waals surface area contributed by atoms with Gasteiger partial charge >= 0.3 is 11.9 Å². The number of amides is 5. The molecule has 23 heteroatoms. The Balaban J connectivity index is 2.67. The van der Waals surface area contributed by atoms with Crippen LogP contribution in [0.5, 0.6) is 0 Å². The Morgan fingerprint density at radius 1 is 0.845 bits per heavy atom. The number of carboxylic acids is 2. The number of aliphatic imine (C=N–C) groups is 1. The van der Waals surface area contributed by atoms with Crippen LogP contribution in [0, 0.1) is 0 Å². The second kappa shape index (κ2) is 25.8. The van der Waals surface area contributed by atoms with E-state index < -0.39 is 91.3 Å². The molecule has 23 nitrogen and oxygen atoms in total. The topological polar surface area (TPSA) is 354 Å². The molecule has 328 valence electrons. The van der Waals surface area contributed by atoms with Crippen molar-refractivity contribution in [2.24, 2.45) is 16.5 Å². The van der Waals surface area contributed by atoms with E-state index >= 15 is 0 Å². The van der Waals surface area contributed by atoms with Crippen molar-refractivity contribution in [2.45, 2.75) is 122 Å². The number of hydrogen-bond donors (Lipinski definition) is 10. The number of nitrogens with one attached hydrogen (secondary N) is 5. The Labute approximate surface area is 336 Å². The van der Waals surface area contributed by atoms with Crippen molar-refractivity contribution in [1.82, 2.24) is 41.6 Å². The van der Waals surface area contributed by atoms with Crippen LogP contribution in [-0.2, 0) is 56.0 Å². The van der Waals surface area contributed by atoms with Crippen LogP contribution in [0.1, 0.15) is 85.3 Å². The van der Waals surface area contributed by atoms with E-state index in [0.717, 1.165) is 12.8 Å². The Kier molecular flexibility index (Phi) is 22.5. The van der Waals surface area contributed by atoms with Gasteiger partial charge in [0.1, 0.15) is 18.1 Å². The third-order valence-corrected chi connectivity index (χ3v) is 8.33. The summed E-state index contributed by atoms with van der Waals surface area (Å²) in [5.41, 5.74) is 10.6. The zero-order valence-corrected chi connectivity index (χ0v) is 33.9. The molecule has 3 unspecified atom stereocenters. The zero-order chi connectivity index (χ0) is 43.9. The van der Waals surface area contributed by atoms with Gasteiger partial charge in [0.05, 0.1) is 49.6 Å². The Morgan fingerprint density at radius 2 is 1.47 bits per heavy atom. The Bertz CT molecular complexity index is 1550. The summed E-state index contributed by atoms with van der Waals surface area (Å²) in [6.07, 6.45) is 3.60. The summed E-state index contributed by atoms with van der Waals surface area (Å²) in [4.78, 5) is 89.5. The van der Waals surface area contributed by atoms with Crippen LogP contribution in [0.3, 0.4) is 0 Å². The number of aliphatic carboxylic acids is 2. The van der Waals surface area contributed by atoms with Gasteiger partial charge < -0.3 is 62.8 Å². The SMILES string of the molecule is CCCOC(C)(C)CCOC(C)(C)CCn1cc(CCC(=O)NCC(=O)NC(CCCN=C(N)N)C(=O)NCC(=O)NC(CC(=O)O)C(=O)NC(CO)C(=O)O)nn1. The van der Waals surface area contributed by atoms with E-state index in [0.29, 0.717) is 31.9 Å². The first kappa shape index (κ1) is 50.6. The second-order valence-corrected chi connectivity index (χ2v) is 14.6. The van der Waals surface area contributed by atoms with Crippen LogP contribution < -0.4 is 38.1 Å². The monoisotopic (exact) mass is 827 g/mol. The number of aryl methyl sites for hydroxylation is 2. The van der Waals surface area contributed by atoms with Gasteiger partial charge in [0.2, 0.25) is 29.5 Å². The minimum absolute atomic E-state index is 0.00312. The van der Waals surface area contributed by atoms with Gasteiger partial charge in [-0.05, 0) is 59.8 Å². The molecule has 0 radical (unpaired) electrons. The molecule has 1 aromatic heterocycles. The molecule has 0 fully saturated rings. The van der Waals surface area contributed by atoms with E-state index in [1.807, 2.05) is 33.0 Å². The largest absolute Gasteiger partial charge is 0.481 e. The number of aromatic nitrogens is 3. The van der Waals surface area contributed by atoms with Crippen molar-refractivity contribution in [1.29, 1.82) is 0 Å². The number of rotatable bonds is 30. The molecule has 0 aliphatic carbocycles. The maximum Gasteiger partial charge on any atom is 0.328 e. The minimum Gasteiger partial charge on any atom is -0.481 e. The molecule has 0 aliphatic rings. The number of aliphatic hydroxyl groups excluding tert-OH is 1. The van der Waals surface area contributed by atoms with Crippen LogP contribution in [-0.4, -0.2) is 147 Å². The highest BCUT2D eigenvalue weighted by Crippen LogP contribution is 2.20. The lowest BCUT2D eigenvalue weighted by Crippen LogP contribution is -2.55. The smallest absolute Gasteiger partial charge is 0.328 e. The Morgan fingerprint density at radius 3 is 2.07 bits per heavy atom. The predicted octanol–water partition coefficient (Wildman–Crippen LogP) is -2.72. The first-order valence-electron chi connectivity index (χ1n) is 18.9. The van der Waals surface area contributed by atoms with Crippen molar-refractivity contribution in [3.63, 3.8) is 0 Å². The summed E-state index contributed by atoms with van der Waals surface area (Å²) in [6, 6.07) is -4.75. The number of ether oxygens (including phenoxy) is 2. The van der Waals surface area contributed by atoms with Crippen LogP contribution in [0.25, 0.3) is 0 Å². The molecule has 1 heterocycles. The van der Waals surface area contributed by atoms with Gasteiger partial charge in [-0.2, -0.15) is 0 Å². The second-order valence-electron chi connectivity index (χ2n) is 14.6. The van der Waals surface area contributed by atoms with Gasteiger partial charge in [-0.1, -0.05) is 12.1 Å². The third-order valence-electron chi connectivity index (χ3n) is 8.33. The normalized spacial score (nSPS) is 13.0. The lowest BCUT2D eigenvalue weighted by molar-refractivity contribution is -0.144. The highest BCUT2D eigenvalue weighted by atomic mass is 16.5. The number of nitrogens with zero attached hydrogens (tertiary/aromatic N) is 4. The number of aliphatic hydroxyl groups is 1. The van der Waals surface area contributed by atoms with Gasteiger partial charge in [0, 0.05) is 38.7 Å². The average molecular weight is 828 g/mol. The summed E-state index contributed by atoms with van der Waals surface area (Å²) in [6.45, 7) is 9.76. The summed E-state index contributed by atoms with van der Waals surface area (Å²) in [5.74, 6) is -7.57. The van der Waals surface area contributed by atoms with Crippen molar-refractivity contribution >= 4 is 47.4 Å². The fourth-order valence-corrected chi connectivity index (χ4v) is 4.95. The van der Waals surface area contributed by atoms with E-state index in [1.165, 1.54) is 0 Å². The lowest BCUT2D eigenvalue weighted by Gasteiger charge is -2.29. The number of nitrogens with two attached hydrogens (primary N) is 2. The molecule has 1 rings (SSSR count). The summed E-state index contributed by atoms with van der Waals surface area (Å²) in [7, 11) is 0. The maximum absolute atomic E-state index is 13.0. The van der Waals surface area contributed by atoms with Gasteiger partial charge in [-0.15, -0.1) is 5.10 Å². The fourth-order valence-electron chi connectivity index (χ4n) is 4.95. The number of carboxylic acid groups (broad SMARTS) is 2. The van der Waals surface area contributed by atoms with Crippen LogP contribution in [0.2, 0.25) is 0 Å². The predicted molar refractivity (Wildman–Crippen MR) is 207 cm³/mol. The quantitative estimate of drug-likeness (QED) is 0.0214. The Hall–Kier alpha value is -5.42. The summed E-state index contributed by atoms with van der Waals surface area (Å²) < 4.78 is 13.6. The number of hydrogen-bond acceptors (Lipinski definition) is 13. The average Bonchev–Trinajstić information content (AvgIpc) is 3.60. The van der Waals surface area contributed by atoms with Crippen molar-refractivity contribution in [2.75, 3.05) is 39.5 Å². The van der Waals surface area contributed by atoms with E-state index in [-0.39, 0.29) is 43.8 Å².